The Morgan fingerprint density at radius 3 is 2.14 bits per heavy atom. The van der Waals surface area contributed by atoms with E-state index in [2.05, 4.69) is 26.7 Å². The van der Waals surface area contributed by atoms with Crippen molar-refractivity contribution in [2.75, 3.05) is 26.2 Å². The molecule has 2 saturated heterocycles. The Kier molecular flexibility index (Phi) is 9.67. The van der Waals surface area contributed by atoms with Crippen LogP contribution in [0, 0.1) is 0 Å². The number of carbonyl (C=O) groups excluding carboxylic acids is 1. The quantitative estimate of drug-likeness (QED) is 0.786. The van der Waals surface area contributed by atoms with Crippen molar-refractivity contribution in [2.45, 2.75) is 70.4 Å². The van der Waals surface area contributed by atoms with Crippen molar-refractivity contribution < 1.29 is 4.79 Å². The molecular weight excluding hydrogens is 399 g/mol. The Balaban J connectivity index is 0.00000196. The predicted molar refractivity (Wildman–Crippen MR) is 116 cm³/mol. The number of hydrogen-bond acceptors (Lipinski definition) is 5. The van der Waals surface area contributed by atoms with Crippen LogP contribution in [0.2, 0.25) is 0 Å². The van der Waals surface area contributed by atoms with Crippen molar-refractivity contribution in [1.82, 2.24) is 24.6 Å². The van der Waals surface area contributed by atoms with Gasteiger partial charge >= 0.3 is 0 Å². The number of likely N-dealkylation sites (tertiary alicyclic amines) is 2. The molecule has 0 unspecified atom stereocenters. The average Bonchev–Trinajstić information content (AvgIpc) is 2.81. The number of piperidine rings is 1. The average molecular weight is 435 g/mol. The Hall–Kier alpha value is -0.890. The molecule has 0 bridgehead atoms. The second-order valence-corrected chi connectivity index (χ2v) is 8.51. The fourth-order valence-corrected chi connectivity index (χ4v) is 4.11. The van der Waals surface area contributed by atoms with Gasteiger partial charge in [-0.15, -0.1) is 35.0 Å². The van der Waals surface area contributed by atoms with Gasteiger partial charge in [0.05, 0.1) is 12.1 Å². The van der Waals surface area contributed by atoms with Crippen molar-refractivity contribution in [3.05, 3.63) is 11.6 Å². The van der Waals surface area contributed by atoms with Crippen LogP contribution in [0.15, 0.2) is 0 Å². The fourth-order valence-electron chi connectivity index (χ4n) is 4.11. The van der Waals surface area contributed by atoms with Crippen LogP contribution in [0.1, 0.15) is 69.9 Å². The summed E-state index contributed by atoms with van der Waals surface area (Å²) in [7, 11) is 2.09. The number of amides is 1. The highest BCUT2D eigenvalue weighted by atomic mass is 35.5. The molecule has 2 N–H and O–H groups in total. The normalized spacial score (nSPS) is 19.5. The van der Waals surface area contributed by atoms with Gasteiger partial charge in [0.25, 0.3) is 0 Å². The van der Waals surface area contributed by atoms with E-state index in [0.717, 1.165) is 57.2 Å². The van der Waals surface area contributed by atoms with E-state index >= 15 is 0 Å². The first-order valence-electron chi connectivity index (χ1n) is 10.0. The van der Waals surface area contributed by atoms with E-state index in [1.165, 1.54) is 25.7 Å². The molecule has 1 amide bonds. The van der Waals surface area contributed by atoms with Gasteiger partial charge < -0.3 is 15.2 Å². The van der Waals surface area contributed by atoms with Crippen molar-refractivity contribution in [2.24, 2.45) is 12.8 Å². The van der Waals surface area contributed by atoms with Gasteiger partial charge in [0.1, 0.15) is 11.6 Å². The summed E-state index contributed by atoms with van der Waals surface area (Å²) < 4.78 is 2.18. The van der Waals surface area contributed by atoms with Crippen LogP contribution in [0.3, 0.4) is 0 Å². The summed E-state index contributed by atoms with van der Waals surface area (Å²) in [6.07, 6.45) is 7.12. The first kappa shape index (κ1) is 25.1. The lowest BCUT2D eigenvalue weighted by molar-refractivity contribution is -0.136. The zero-order chi connectivity index (χ0) is 18.7. The van der Waals surface area contributed by atoms with Gasteiger partial charge in [0.15, 0.2) is 0 Å². The van der Waals surface area contributed by atoms with E-state index in [9.17, 15) is 4.79 Å². The Labute approximate surface area is 181 Å². The van der Waals surface area contributed by atoms with E-state index in [4.69, 9.17) is 5.73 Å². The number of aromatic nitrogens is 3. The third-order valence-electron chi connectivity index (χ3n) is 5.76. The van der Waals surface area contributed by atoms with Crippen LogP contribution in [-0.4, -0.2) is 62.2 Å². The number of carbonyl (C=O) groups is 1. The molecule has 9 heteroatoms. The SMILES string of the molecule is Cl.Cl.Cn1c(CN2CCCCCC2)nnc1C1CCN(C(=O)C(C)(C)N)CC1. The van der Waals surface area contributed by atoms with Gasteiger partial charge in [0.2, 0.25) is 5.91 Å². The monoisotopic (exact) mass is 434 g/mol. The van der Waals surface area contributed by atoms with E-state index in [1.807, 2.05) is 4.90 Å². The van der Waals surface area contributed by atoms with Crippen LogP contribution < -0.4 is 5.73 Å². The third kappa shape index (κ3) is 6.05. The number of hydrogen-bond donors (Lipinski definition) is 1. The molecule has 1 aromatic heterocycles. The van der Waals surface area contributed by atoms with Crippen molar-refractivity contribution in [3.8, 4) is 0 Å². The Bertz CT molecular complexity index is 614. The largest absolute Gasteiger partial charge is 0.341 e. The highest BCUT2D eigenvalue weighted by Crippen LogP contribution is 2.28. The Morgan fingerprint density at radius 2 is 1.61 bits per heavy atom. The van der Waals surface area contributed by atoms with E-state index < -0.39 is 5.54 Å². The lowest BCUT2D eigenvalue weighted by Crippen LogP contribution is -2.53. The van der Waals surface area contributed by atoms with E-state index in [0.29, 0.717) is 5.92 Å². The van der Waals surface area contributed by atoms with E-state index in [-0.39, 0.29) is 30.7 Å². The van der Waals surface area contributed by atoms with Crippen LogP contribution in [0.25, 0.3) is 0 Å². The van der Waals surface area contributed by atoms with Crippen molar-refractivity contribution in [1.29, 1.82) is 0 Å². The fraction of sp³-hybridized carbons (Fsp3) is 0.842. The predicted octanol–water partition coefficient (Wildman–Crippen LogP) is 2.48. The summed E-state index contributed by atoms with van der Waals surface area (Å²) in [4.78, 5) is 16.7. The van der Waals surface area contributed by atoms with Crippen LogP contribution in [0.5, 0.6) is 0 Å². The van der Waals surface area contributed by atoms with Crippen molar-refractivity contribution in [3.63, 3.8) is 0 Å². The van der Waals surface area contributed by atoms with Crippen LogP contribution in [0.4, 0.5) is 0 Å². The van der Waals surface area contributed by atoms with Crippen LogP contribution in [-0.2, 0) is 18.4 Å². The second kappa shape index (κ2) is 10.8. The summed E-state index contributed by atoms with van der Waals surface area (Å²) in [6.45, 7) is 8.27. The van der Waals surface area contributed by atoms with E-state index in [1.54, 1.807) is 13.8 Å². The smallest absolute Gasteiger partial charge is 0.242 e. The summed E-state index contributed by atoms with van der Waals surface area (Å²) >= 11 is 0. The standard InChI is InChI=1S/C19H34N6O.2ClH/c1-19(2,20)18(26)25-12-8-15(9-13-25)17-22-21-16(23(17)3)14-24-10-6-4-5-7-11-24;;/h15H,4-14,20H2,1-3H3;2*1H. The molecule has 162 valence electrons. The molecule has 2 fully saturated rings. The molecule has 0 saturated carbocycles. The summed E-state index contributed by atoms with van der Waals surface area (Å²) in [6, 6.07) is 0. The number of nitrogens with two attached hydrogens (primary N) is 1. The highest BCUT2D eigenvalue weighted by Gasteiger charge is 2.32. The molecule has 3 rings (SSSR count). The minimum Gasteiger partial charge on any atom is -0.341 e. The molecule has 1 aromatic rings. The molecule has 0 atom stereocenters. The summed E-state index contributed by atoms with van der Waals surface area (Å²) in [5, 5.41) is 8.98. The van der Waals surface area contributed by atoms with Gasteiger partial charge in [-0.25, -0.2) is 0 Å². The molecule has 2 aliphatic rings. The minimum absolute atomic E-state index is 0. The number of rotatable bonds is 4. The maximum atomic E-state index is 12.3. The summed E-state index contributed by atoms with van der Waals surface area (Å²) in [5.74, 6) is 2.53. The molecule has 0 spiro atoms. The van der Waals surface area contributed by atoms with Gasteiger partial charge in [0, 0.05) is 26.1 Å². The minimum atomic E-state index is -0.794. The van der Waals surface area contributed by atoms with Gasteiger partial charge in [-0.3, -0.25) is 9.69 Å². The molecule has 28 heavy (non-hydrogen) atoms. The first-order valence-corrected chi connectivity index (χ1v) is 10.0. The molecule has 7 nitrogen and oxygen atoms in total. The lowest BCUT2D eigenvalue weighted by atomic mass is 9.94. The topological polar surface area (TPSA) is 80.3 Å². The zero-order valence-corrected chi connectivity index (χ0v) is 19.0. The maximum absolute atomic E-state index is 12.3. The van der Waals surface area contributed by atoms with Crippen molar-refractivity contribution >= 4 is 30.7 Å². The lowest BCUT2D eigenvalue weighted by Gasteiger charge is -2.35. The van der Waals surface area contributed by atoms with Gasteiger partial charge in [-0.1, -0.05) is 12.8 Å². The van der Waals surface area contributed by atoms with Gasteiger partial charge in [-0.2, -0.15) is 0 Å². The zero-order valence-electron chi connectivity index (χ0n) is 17.4. The molecule has 0 radical (unpaired) electrons. The molecule has 2 aliphatic heterocycles. The molecule has 0 aliphatic carbocycles. The number of nitrogens with zero attached hydrogens (tertiary/aromatic N) is 5. The van der Waals surface area contributed by atoms with Gasteiger partial charge in [-0.05, 0) is 52.6 Å². The molecule has 3 heterocycles. The molecule has 0 aromatic carbocycles. The van der Waals surface area contributed by atoms with Crippen LogP contribution >= 0.6 is 24.8 Å². The third-order valence-corrected chi connectivity index (χ3v) is 5.76. The maximum Gasteiger partial charge on any atom is 0.242 e. The summed E-state index contributed by atoms with van der Waals surface area (Å²) in [5.41, 5.74) is 5.17. The second-order valence-electron chi connectivity index (χ2n) is 8.51. The molecular formula is C19H36Cl2N6O. The Morgan fingerprint density at radius 1 is 1.04 bits per heavy atom. The first-order chi connectivity index (χ1) is 12.4. The highest BCUT2D eigenvalue weighted by molar-refractivity contribution is 5.86. The number of halogens is 2.